The van der Waals surface area contributed by atoms with Crippen LogP contribution in [0.2, 0.25) is 0 Å². The zero-order chi connectivity index (χ0) is 40.7. The molecule has 10 heteroatoms. The van der Waals surface area contributed by atoms with E-state index in [0.717, 1.165) is 77.0 Å². The van der Waals surface area contributed by atoms with Crippen molar-refractivity contribution in [1.82, 2.24) is 0 Å². The van der Waals surface area contributed by atoms with E-state index in [0.29, 0.717) is 17.4 Å². The van der Waals surface area contributed by atoms with Gasteiger partial charge in [0.05, 0.1) is 27.7 Å². The lowest BCUT2D eigenvalue weighted by molar-refractivity contribution is -0.870. The Bertz CT molecular complexity index is 1120. The number of allylic oxidation sites excluding steroid dienone is 10. The largest absolute Gasteiger partial charge is 0.472 e. The molecule has 0 aliphatic carbocycles. The summed E-state index contributed by atoms with van der Waals surface area (Å²) in [6, 6.07) is 0. The number of rotatable bonds is 38. The standard InChI is InChI=1S/C45H80NO8P/c1-6-8-10-12-14-16-18-20-21-22-23-24-25-26-28-30-32-34-36-38-45(48)54-43(42-53-55(49,50)52-40-39-46(3,4)5)41-51-44(47)37-35-33-31-29-27-19-17-15-13-11-9-7-2/h14-17,20-21,23-24,26,28,43H,6-13,18-19,22,25,27,29-42H2,1-5H3/p+1/b16-14-,17-15-,21-20-,24-23-,28-26-/t43-/m1/s1. The van der Waals surface area contributed by atoms with Crippen molar-refractivity contribution in [1.29, 1.82) is 0 Å². The summed E-state index contributed by atoms with van der Waals surface area (Å²) in [6.45, 7) is 4.30. The monoisotopic (exact) mass is 795 g/mol. The van der Waals surface area contributed by atoms with Crippen molar-refractivity contribution in [2.24, 2.45) is 0 Å². The fourth-order valence-electron chi connectivity index (χ4n) is 5.34. The van der Waals surface area contributed by atoms with E-state index in [1.165, 1.54) is 51.4 Å². The Morgan fingerprint density at radius 1 is 0.564 bits per heavy atom. The summed E-state index contributed by atoms with van der Waals surface area (Å²) >= 11 is 0. The smallest absolute Gasteiger partial charge is 0.462 e. The van der Waals surface area contributed by atoms with Gasteiger partial charge in [0.15, 0.2) is 6.10 Å². The third kappa shape index (κ3) is 41.2. The Kier molecular flexibility index (Phi) is 35.7. The van der Waals surface area contributed by atoms with Crippen LogP contribution in [0, 0.1) is 0 Å². The van der Waals surface area contributed by atoms with Gasteiger partial charge in [0.2, 0.25) is 0 Å². The molecule has 0 aromatic heterocycles. The molecule has 2 atom stereocenters. The average molecular weight is 795 g/mol. The fraction of sp³-hybridized carbons (Fsp3) is 0.733. The maximum Gasteiger partial charge on any atom is 0.472 e. The van der Waals surface area contributed by atoms with Gasteiger partial charge in [-0.2, -0.15) is 0 Å². The molecule has 0 aliphatic heterocycles. The zero-order valence-electron chi connectivity index (χ0n) is 35.6. The quantitative estimate of drug-likeness (QED) is 0.0216. The number of ether oxygens (including phenoxy) is 2. The van der Waals surface area contributed by atoms with Crippen LogP contribution in [0.1, 0.15) is 162 Å². The van der Waals surface area contributed by atoms with Crippen LogP contribution in [0.5, 0.6) is 0 Å². The fourth-order valence-corrected chi connectivity index (χ4v) is 6.08. The van der Waals surface area contributed by atoms with E-state index in [9.17, 15) is 19.0 Å². The second-order valence-electron chi connectivity index (χ2n) is 15.4. The van der Waals surface area contributed by atoms with Crippen molar-refractivity contribution in [3.63, 3.8) is 0 Å². The molecule has 1 unspecified atom stereocenters. The zero-order valence-corrected chi connectivity index (χ0v) is 36.5. The van der Waals surface area contributed by atoms with Crippen molar-refractivity contribution >= 4 is 19.8 Å². The lowest BCUT2D eigenvalue weighted by Gasteiger charge is -2.24. The molecule has 0 fully saturated rings. The molecule has 0 aromatic rings. The van der Waals surface area contributed by atoms with Gasteiger partial charge in [0, 0.05) is 12.8 Å². The molecule has 0 amide bonds. The molecule has 1 N–H and O–H groups in total. The minimum absolute atomic E-state index is 0.0214. The topological polar surface area (TPSA) is 108 Å². The first-order valence-electron chi connectivity index (χ1n) is 21.5. The van der Waals surface area contributed by atoms with Crippen molar-refractivity contribution in [3.05, 3.63) is 60.8 Å². The third-order valence-electron chi connectivity index (χ3n) is 8.77. The van der Waals surface area contributed by atoms with E-state index in [4.69, 9.17) is 18.5 Å². The number of hydrogen-bond donors (Lipinski definition) is 1. The van der Waals surface area contributed by atoms with Crippen molar-refractivity contribution in [3.8, 4) is 0 Å². The highest BCUT2D eigenvalue weighted by atomic mass is 31.2. The first kappa shape index (κ1) is 52.7. The molecule has 0 aliphatic rings. The Balaban J connectivity index is 4.46. The van der Waals surface area contributed by atoms with Crippen LogP contribution < -0.4 is 0 Å². The number of phosphoric acid groups is 1. The summed E-state index contributed by atoms with van der Waals surface area (Å²) in [4.78, 5) is 35.3. The molecule has 0 saturated heterocycles. The molecular formula is C45H81NO8P+. The van der Waals surface area contributed by atoms with Gasteiger partial charge in [-0.3, -0.25) is 18.6 Å². The molecule has 318 valence electrons. The summed E-state index contributed by atoms with van der Waals surface area (Å²) in [5.74, 6) is -0.851. The van der Waals surface area contributed by atoms with Crippen LogP contribution in [0.3, 0.4) is 0 Å². The third-order valence-corrected chi connectivity index (χ3v) is 9.75. The molecule has 0 rings (SSSR count). The second kappa shape index (κ2) is 37.3. The lowest BCUT2D eigenvalue weighted by Crippen LogP contribution is -2.37. The van der Waals surface area contributed by atoms with Crippen LogP contribution in [-0.2, 0) is 32.7 Å². The Morgan fingerprint density at radius 3 is 1.49 bits per heavy atom. The summed E-state index contributed by atoms with van der Waals surface area (Å²) < 4.78 is 34.2. The van der Waals surface area contributed by atoms with Crippen molar-refractivity contribution < 1.29 is 42.1 Å². The van der Waals surface area contributed by atoms with Crippen LogP contribution >= 0.6 is 7.82 Å². The van der Waals surface area contributed by atoms with Gasteiger partial charge < -0.3 is 18.9 Å². The number of carbonyl (C=O) groups excluding carboxylic acids is 2. The van der Waals surface area contributed by atoms with Gasteiger partial charge in [0.25, 0.3) is 0 Å². The van der Waals surface area contributed by atoms with E-state index in [-0.39, 0.29) is 32.0 Å². The van der Waals surface area contributed by atoms with Crippen LogP contribution in [0.4, 0.5) is 0 Å². The van der Waals surface area contributed by atoms with Gasteiger partial charge in [-0.1, -0.05) is 126 Å². The van der Waals surface area contributed by atoms with E-state index in [1.807, 2.05) is 21.1 Å². The molecular weight excluding hydrogens is 713 g/mol. The molecule has 9 nitrogen and oxygen atoms in total. The van der Waals surface area contributed by atoms with E-state index in [1.54, 1.807) is 0 Å². The SMILES string of the molecule is CCCCC/C=C\C/C=C\C/C=C\C/C=C\CCCCCC(=O)O[C@H](COC(=O)CCCCCCC/C=C\CCCCC)COP(=O)(O)OCC[N+](C)(C)C. The summed E-state index contributed by atoms with van der Waals surface area (Å²) in [5.41, 5.74) is 0. The van der Waals surface area contributed by atoms with Gasteiger partial charge >= 0.3 is 19.8 Å². The Hall–Kier alpha value is -2.29. The van der Waals surface area contributed by atoms with Crippen molar-refractivity contribution in [2.75, 3.05) is 47.5 Å². The minimum Gasteiger partial charge on any atom is -0.462 e. The van der Waals surface area contributed by atoms with E-state index < -0.39 is 26.5 Å². The summed E-state index contributed by atoms with van der Waals surface area (Å²) in [5, 5.41) is 0. The molecule has 0 saturated carbocycles. The average Bonchev–Trinajstić information content (AvgIpc) is 3.13. The lowest BCUT2D eigenvalue weighted by atomic mass is 10.1. The number of hydrogen-bond acceptors (Lipinski definition) is 7. The summed E-state index contributed by atoms with van der Waals surface area (Å²) in [7, 11) is 1.44. The van der Waals surface area contributed by atoms with E-state index >= 15 is 0 Å². The normalized spacial score (nSPS) is 14.2. The van der Waals surface area contributed by atoms with Crippen molar-refractivity contribution in [2.45, 2.75) is 168 Å². The second-order valence-corrected chi connectivity index (χ2v) is 16.8. The minimum atomic E-state index is -4.39. The summed E-state index contributed by atoms with van der Waals surface area (Å²) in [6.07, 6.45) is 44.1. The number of quaternary nitrogens is 1. The van der Waals surface area contributed by atoms with Gasteiger partial charge in [0.1, 0.15) is 19.8 Å². The number of nitrogens with zero attached hydrogens (tertiary/aromatic N) is 1. The Labute approximate surface area is 336 Å². The number of likely N-dealkylation sites (N-methyl/N-ethyl adjacent to an activating group) is 1. The maximum absolute atomic E-state index is 12.7. The van der Waals surface area contributed by atoms with Gasteiger partial charge in [-0.25, -0.2) is 4.57 Å². The predicted octanol–water partition coefficient (Wildman–Crippen LogP) is 12.1. The first-order chi connectivity index (χ1) is 26.5. The molecule has 55 heavy (non-hydrogen) atoms. The molecule has 0 aromatic carbocycles. The molecule has 0 spiro atoms. The molecule has 0 radical (unpaired) electrons. The number of phosphoric ester groups is 1. The highest BCUT2D eigenvalue weighted by molar-refractivity contribution is 7.47. The first-order valence-corrected chi connectivity index (χ1v) is 23.0. The number of esters is 2. The van der Waals surface area contributed by atoms with Gasteiger partial charge in [-0.05, 0) is 83.5 Å². The van der Waals surface area contributed by atoms with Crippen LogP contribution in [0.15, 0.2) is 60.8 Å². The highest BCUT2D eigenvalue weighted by Gasteiger charge is 2.27. The van der Waals surface area contributed by atoms with Crippen LogP contribution in [-0.4, -0.2) is 74.9 Å². The van der Waals surface area contributed by atoms with Crippen LogP contribution in [0.25, 0.3) is 0 Å². The number of carbonyl (C=O) groups is 2. The van der Waals surface area contributed by atoms with E-state index in [2.05, 4.69) is 74.6 Å². The predicted molar refractivity (Wildman–Crippen MR) is 229 cm³/mol. The van der Waals surface area contributed by atoms with Gasteiger partial charge in [-0.15, -0.1) is 0 Å². The highest BCUT2D eigenvalue weighted by Crippen LogP contribution is 2.43. The number of unbranched alkanes of at least 4 members (excludes halogenated alkanes) is 14. The maximum atomic E-state index is 12.7. The Morgan fingerprint density at radius 2 is 0.982 bits per heavy atom. The molecule has 0 heterocycles. The molecule has 0 bridgehead atoms.